The topological polar surface area (TPSA) is 33.6 Å². The van der Waals surface area contributed by atoms with Gasteiger partial charge in [-0.1, -0.05) is 0 Å². The van der Waals surface area contributed by atoms with Crippen LogP contribution in [0.2, 0.25) is 0 Å². The summed E-state index contributed by atoms with van der Waals surface area (Å²) in [6.07, 6.45) is 1.55. The van der Waals surface area contributed by atoms with E-state index in [0.717, 1.165) is 5.69 Å². The Morgan fingerprint density at radius 1 is 1.31 bits per heavy atom. The molecule has 13 heavy (non-hydrogen) atoms. The lowest BCUT2D eigenvalue weighted by Gasteiger charge is -1.99. The Morgan fingerprint density at radius 2 is 2.00 bits per heavy atom. The van der Waals surface area contributed by atoms with Gasteiger partial charge in [0.25, 0.3) is 0 Å². The molecule has 0 spiro atoms. The second-order valence-corrected chi connectivity index (χ2v) is 2.89. The van der Waals surface area contributed by atoms with E-state index in [-0.39, 0.29) is 5.82 Å². The fourth-order valence-electron chi connectivity index (χ4n) is 1.03. The quantitative estimate of drug-likeness (QED) is 0.707. The van der Waals surface area contributed by atoms with E-state index in [1.807, 2.05) is 0 Å². The Hall–Kier alpha value is -1.49. The minimum Gasteiger partial charge on any atom is -0.275 e. The van der Waals surface area contributed by atoms with Crippen LogP contribution in [0.5, 0.6) is 0 Å². The molecule has 0 unspecified atom stereocenters. The number of hydrogen-bond donors (Lipinski definition) is 1. The van der Waals surface area contributed by atoms with Gasteiger partial charge in [-0.05, 0) is 36.5 Å². The van der Waals surface area contributed by atoms with Crippen LogP contribution in [0.15, 0.2) is 30.6 Å². The van der Waals surface area contributed by atoms with Crippen molar-refractivity contribution in [2.75, 3.05) is 0 Å². The number of nitrogens with zero attached hydrogens (tertiary/aromatic N) is 2. The molecule has 0 radical (unpaired) electrons. The van der Waals surface area contributed by atoms with Crippen molar-refractivity contribution < 1.29 is 4.39 Å². The van der Waals surface area contributed by atoms with Gasteiger partial charge in [-0.2, -0.15) is 5.10 Å². The van der Waals surface area contributed by atoms with Crippen molar-refractivity contribution >= 4 is 12.2 Å². The van der Waals surface area contributed by atoms with Crippen molar-refractivity contribution in [2.24, 2.45) is 0 Å². The Morgan fingerprint density at radius 3 is 2.54 bits per heavy atom. The predicted octanol–water partition coefficient (Wildman–Crippen LogP) is 2.07. The maximum Gasteiger partial charge on any atom is 0.199 e. The summed E-state index contributed by atoms with van der Waals surface area (Å²) < 4.78 is 14.7. The van der Waals surface area contributed by atoms with Gasteiger partial charge in [0.2, 0.25) is 0 Å². The van der Waals surface area contributed by atoms with Gasteiger partial charge in [0.15, 0.2) is 4.77 Å². The van der Waals surface area contributed by atoms with E-state index in [2.05, 4.69) is 10.2 Å². The highest BCUT2D eigenvalue weighted by molar-refractivity contribution is 7.71. The fourth-order valence-corrected chi connectivity index (χ4v) is 1.24. The normalized spacial score (nSPS) is 10.2. The van der Waals surface area contributed by atoms with Crippen molar-refractivity contribution in [1.82, 2.24) is 14.8 Å². The Labute approximate surface area is 78.8 Å². The lowest BCUT2D eigenvalue weighted by atomic mass is 10.3. The molecule has 3 nitrogen and oxygen atoms in total. The van der Waals surface area contributed by atoms with Gasteiger partial charge in [-0.3, -0.25) is 9.67 Å². The molecule has 0 atom stereocenters. The molecule has 0 bridgehead atoms. The summed E-state index contributed by atoms with van der Waals surface area (Å²) in [6, 6.07) is 6.04. The number of halogens is 1. The highest BCUT2D eigenvalue weighted by atomic mass is 32.1. The average molecular weight is 195 g/mol. The average Bonchev–Trinajstić information content (AvgIpc) is 2.53. The molecule has 2 rings (SSSR count). The molecular formula is C8H6FN3S. The number of nitrogens with one attached hydrogen (secondary N) is 1. The molecule has 0 saturated carbocycles. The molecule has 0 aliphatic rings. The van der Waals surface area contributed by atoms with Crippen LogP contribution in [0.3, 0.4) is 0 Å². The van der Waals surface area contributed by atoms with E-state index in [9.17, 15) is 4.39 Å². The third-order valence-electron chi connectivity index (χ3n) is 1.66. The van der Waals surface area contributed by atoms with Crippen LogP contribution in [-0.2, 0) is 0 Å². The zero-order valence-electron chi connectivity index (χ0n) is 6.57. The first kappa shape index (κ1) is 8.12. The molecule has 5 heteroatoms. The van der Waals surface area contributed by atoms with Gasteiger partial charge >= 0.3 is 0 Å². The summed E-state index contributed by atoms with van der Waals surface area (Å²) in [7, 11) is 0. The summed E-state index contributed by atoms with van der Waals surface area (Å²) in [4.78, 5) is 0. The van der Waals surface area contributed by atoms with Gasteiger partial charge < -0.3 is 0 Å². The van der Waals surface area contributed by atoms with E-state index < -0.39 is 0 Å². The molecule has 0 aliphatic heterocycles. The van der Waals surface area contributed by atoms with Crippen LogP contribution in [-0.4, -0.2) is 14.8 Å². The Kier molecular flexibility index (Phi) is 1.94. The van der Waals surface area contributed by atoms with E-state index in [4.69, 9.17) is 12.2 Å². The van der Waals surface area contributed by atoms with Gasteiger partial charge in [-0.25, -0.2) is 4.39 Å². The van der Waals surface area contributed by atoms with Gasteiger partial charge in [0.1, 0.15) is 12.1 Å². The van der Waals surface area contributed by atoms with E-state index in [1.54, 1.807) is 23.0 Å². The zero-order chi connectivity index (χ0) is 9.26. The third-order valence-corrected chi connectivity index (χ3v) is 1.94. The summed E-state index contributed by atoms with van der Waals surface area (Å²) in [6.45, 7) is 0. The maximum absolute atomic E-state index is 12.6. The lowest BCUT2D eigenvalue weighted by Crippen LogP contribution is -1.91. The number of rotatable bonds is 1. The molecule has 1 aromatic heterocycles. The molecule has 0 fully saturated rings. The van der Waals surface area contributed by atoms with Crippen molar-refractivity contribution in [3.05, 3.63) is 41.2 Å². The number of aromatic nitrogens is 3. The fraction of sp³-hybridized carbons (Fsp3) is 0. The predicted molar refractivity (Wildman–Crippen MR) is 48.7 cm³/mol. The minimum atomic E-state index is -0.265. The Balaban J connectivity index is 2.54. The highest BCUT2D eigenvalue weighted by Gasteiger charge is 1.97. The number of hydrogen-bond acceptors (Lipinski definition) is 2. The molecule has 0 saturated heterocycles. The molecule has 1 aromatic carbocycles. The lowest BCUT2D eigenvalue weighted by molar-refractivity contribution is 0.627. The summed E-state index contributed by atoms with van der Waals surface area (Å²) in [5.41, 5.74) is 0.792. The van der Waals surface area contributed by atoms with E-state index in [1.165, 1.54) is 12.1 Å². The number of aromatic amines is 1. The standard InChI is InChI=1S/C8H6FN3S/c9-6-1-3-7(4-2-6)12-5-10-11-8(12)13/h1-5H,(H,11,13). The first-order valence-corrected chi connectivity index (χ1v) is 4.06. The first-order valence-electron chi connectivity index (χ1n) is 3.65. The molecule has 0 amide bonds. The van der Waals surface area contributed by atoms with Crippen molar-refractivity contribution in [3.63, 3.8) is 0 Å². The van der Waals surface area contributed by atoms with Crippen molar-refractivity contribution in [2.45, 2.75) is 0 Å². The Bertz CT molecular complexity index is 457. The molecule has 0 aliphatic carbocycles. The van der Waals surface area contributed by atoms with Gasteiger partial charge in [0.05, 0.1) is 0 Å². The van der Waals surface area contributed by atoms with Crippen LogP contribution in [0.25, 0.3) is 5.69 Å². The maximum atomic E-state index is 12.6. The van der Waals surface area contributed by atoms with E-state index in [0.29, 0.717) is 4.77 Å². The molecule has 66 valence electrons. The van der Waals surface area contributed by atoms with Crippen LogP contribution in [0, 0.1) is 10.6 Å². The van der Waals surface area contributed by atoms with E-state index >= 15 is 0 Å². The third kappa shape index (κ3) is 1.50. The molecule has 2 aromatic rings. The largest absolute Gasteiger partial charge is 0.275 e. The number of benzene rings is 1. The van der Waals surface area contributed by atoms with Crippen LogP contribution < -0.4 is 0 Å². The van der Waals surface area contributed by atoms with Crippen LogP contribution >= 0.6 is 12.2 Å². The summed E-state index contributed by atoms with van der Waals surface area (Å²) in [5.74, 6) is -0.265. The second-order valence-electron chi connectivity index (χ2n) is 2.51. The van der Waals surface area contributed by atoms with Crippen LogP contribution in [0.4, 0.5) is 4.39 Å². The summed E-state index contributed by atoms with van der Waals surface area (Å²) >= 11 is 4.95. The van der Waals surface area contributed by atoms with Gasteiger partial charge in [0, 0.05) is 5.69 Å². The summed E-state index contributed by atoms with van der Waals surface area (Å²) in [5, 5.41) is 6.38. The van der Waals surface area contributed by atoms with Crippen LogP contribution in [0.1, 0.15) is 0 Å². The molecule has 1 N–H and O–H groups in total. The minimum absolute atomic E-state index is 0.265. The second kappa shape index (κ2) is 3.10. The van der Waals surface area contributed by atoms with Crippen molar-refractivity contribution in [3.8, 4) is 5.69 Å². The van der Waals surface area contributed by atoms with Crippen molar-refractivity contribution in [1.29, 1.82) is 0 Å². The molecular weight excluding hydrogens is 189 g/mol. The monoisotopic (exact) mass is 195 g/mol. The number of H-pyrrole nitrogens is 1. The first-order chi connectivity index (χ1) is 6.27. The molecule has 1 heterocycles. The SMILES string of the molecule is Fc1ccc(-n2cn[nH]c2=S)cc1. The van der Waals surface area contributed by atoms with Gasteiger partial charge in [-0.15, -0.1) is 0 Å². The smallest absolute Gasteiger partial charge is 0.199 e. The zero-order valence-corrected chi connectivity index (χ0v) is 7.38. The highest BCUT2D eigenvalue weighted by Crippen LogP contribution is 2.07.